The number of aromatic nitrogens is 2. The number of hydrogen-bond acceptors (Lipinski definition) is 4. The molecule has 23 heavy (non-hydrogen) atoms. The Kier molecular flexibility index (Phi) is 4.22. The summed E-state index contributed by atoms with van der Waals surface area (Å²) in [6.07, 6.45) is -2.77. The summed E-state index contributed by atoms with van der Waals surface area (Å²) < 4.78 is 44.5. The molecule has 8 heteroatoms. The molecule has 1 aliphatic heterocycles. The van der Waals surface area contributed by atoms with Gasteiger partial charge in [-0.15, -0.1) is 0 Å². The lowest BCUT2D eigenvalue weighted by atomic mass is 10.2. The van der Waals surface area contributed by atoms with Gasteiger partial charge < -0.3 is 9.64 Å². The summed E-state index contributed by atoms with van der Waals surface area (Å²) in [6, 6.07) is 2.05. The summed E-state index contributed by atoms with van der Waals surface area (Å²) in [4.78, 5) is 10.7. The SMILES string of the molecule is C[C@@H]1CN(c2cnc3cc(C(F)(F)F)cc(Br)c3n2)C[C@H](C)O1. The second-order valence-electron chi connectivity index (χ2n) is 5.71. The Balaban J connectivity index is 2.01. The Morgan fingerprint density at radius 3 is 2.48 bits per heavy atom. The molecule has 0 unspecified atom stereocenters. The third kappa shape index (κ3) is 3.42. The van der Waals surface area contributed by atoms with Crippen LogP contribution in [0.5, 0.6) is 0 Å². The Morgan fingerprint density at radius 2 is 1.87 bits per heavy atom. The number of ether oxygens (including phenoxy) is 1. The Bertz CT molecular complexity index is 728. The predicted octanol–water partition coefficient (Wildman–Crippen LogP) is 4.02. The van der Waals surface area contributed by atoms with Crippen LogP contribution in [-0.4, -0.2) is 35.3 Å². The second-order valence-corrected chi connectivity index (χ2v) is 6.57. The molecule has 2 aromatic rings. The first-order valence-electron chi connectivity index (χ1n) is 7.18. The fourth-order valence-corrected chi connectivity index (χ4v) is 3.28. The van der Waals surface area contributed by atoms with Crippen molar-refractivity contribution in [3.8, 4) is 0 Å². The topological polar surface area (TPSA) is 38.2 Å². The van der Waals surface area contributed by atoms with Crippen molar-refractivity contribution in [1.29, 1.82) is 0 Å². The summed E-state index contributed by atoms with van der Waals surface area (Å²) >= 11 is 3.18. The average molecular weight is 390 g/mol. The molecule has 0 amide bonds. The van der Waals surface area contributed by atoms with Gasteiger partial charge in [-0.25, -0.2) is 4.98 Å². The molecule has 0 aliphatic carbocycles. The van der Waals surface area contributed by atoms with Crippen LogP contribution in [0.3, 0.4) is 0 Å². The maximum Gasteiger partial charge on any atom is 0.416 e. The predicted molar refractivity (Wildman–Crippen MR) is 84.5 cm³/mol. The fraction of sp³-hybridized carbons (Fsp3) is 0.467. The monoisotopic (exact) mass is 389 g/mol. The van der Waals surface area contributed by atoms with Gasteiger partial charge in [-0.1, -0.05) is 0 Å². The lowest BCUT2D eigenvalue weighted by molar-refractivity contribution is -0.137. The number of benzene rings is 1. The molecule has 0 bridgehead atoms. The summed E-state index contributed by atoms with van der Waals surface area (Å²) in [7, 11) is 0. The van der Waals surface area contributed by atoms with Gasteiger partial charge in [-0.05, 0) is 41.9 Å². The first-order valence-corrected chi connectivity index (χ1v) is 7.97. The quantitative estimate of drug-likeness (QED) is 0.737. The van der Waals surface area contributed by atoms with Crippen molar-refractivity contribution in [3.63, 3.8) is 0 Å². The molecule has 1 aliphatic rings. The smallest absolute Gasteiger partial charge is 0.372 e. The van der Waals surface area contributed by atoms with Gasteiger partial charge in [0.15, 0.2) is 0 Å². The van der Waals surface area contributed by atoms with Crippen LogP contribution in [0.1, 0.15) is 19.4 Å². The van der Waals surface area contributed by atoms with Crippen molar-refractivity contribution < 1.29 is 17.9 Å². The van der Waals surface area contributed by atoms with Gasteiger partial charge in [0.2, 0.25) is 0 Å². The van der Waals surface area contributed by atoms with Gasteiger partial charge in [0.05, 0.1) is 29.5 Å². The Morgan fingerprint density at radius 1 is 1.22 bits per heavy atom. The summed E-state index contributed by atoms with van der Waals surface area (Å²) in [5.74, 6) is 0.639. The third-order valence-electron chi connectivity index (χ3n) is 3.66. The Hall–Kier alpha value is -1.41. The first-order chi connectivity index (χ1) is 10.7. The molecule has 0 radical (unpaired) electrons. The lowest BCUT2D eigenvalue weighted by Gasteiger charge is -2.35. The zero-order valence-electron chi connectivity index (χ0n) is 12.6. The van der Waals surface area contributed by atoms with Crippen LogP contribution in [0.15, 0.2) is 22.8 Å². The lowest BCUT2D eigenvalue weighted by Crippen LogP contribution is -2.45. The van der Waals surface area contributed by atoms with Gasteiger partial charge in [0.1, 0.15) is 11.3 Å². The zero-order valence-corrected chi connectivity index (χ0v) is 14.1. The molecule has 1 aromatic carbocycles. The van der Waals surface area contributed by atoms with Gasteiger partial charge >= 0.3 is 6.18 Å². The van der Waals surface area contributed by atoms with Crippen molar-refractivity contribution in [2.45, 2.75) is 32.2 Å². The van der Waals surface area contributed by atoms with Crippen molar-refractivity contribution in [2.24, 2.45) is 0 Å². The van der Waals surface area contributed by atoms with E-state index in [0.717, 1.165) is 12.1 Å². The molecular formula is C15H15BrF3N3O. The molecule has 0 N–H and O–H groups in total. The highest BCUT2D eigenvalue weighted by Crippen LogP contribution is 2.34. The molecule has 1 saturated heterocycles. The van der Waals surface area contributed by atoms with Gasteiger partial charge in [0, 0.05) is 17.6 Å². The highest BCUT2D eigenvalue weighted by Gasteiger charge is 2.32. The van der Waals surface area contributed by atoms with Gasteiger partial charge in [-0.2, -0.15) is 13.2 Å². The second kappa shape index (κ2) is 5.90. The van der Waals surface area contributed by atoms with Crippen molar-refractivity contribution in [3.05, 3.63) is 28.4 Å². The molecule has 3 rings (SSSR count). The molecular weight excluding hydrogens is 375 g/mol. The van der Waals surface area contributed by atoms with E-state index in [-0.39, 0.29) is 22.2 Å². The van der Waals surface area contributed by atoms with Crippen LogP contribution >= 0.6 is 15.9 Å². The highest BCUT2D eigenvalue weighted by molar-refractivity contribution is 9.10. The van der Waals surface area contributed by atoms with E-state index in [2.05, 4.69) is 25.9 Å². The first kappa shape index (κ1) is 16.4. The van der Waals surface area contributed by atoms with Crippen LogP contribution in [0.4, 0.5) is 19.0 Å². The minimum absolute atomic E-state index is 0.0623. The fourth-order valence-electron chi connectivity index (χ4n) is 2.75. The molecule has 0 spiro atoms. The van der Waals surface area contributed by atoms with Crippen LogP contribution in [0.25, 0.3) is 11.0 Å². The number of rotatable bonds is 1. The minimum atomic E-state index is -4.41. The maximum atomic E-state index is 12.9. The van der Waals surface area contributed by atoms with E-state index in [1.807, 2.05) is 18.7 Å². The number of nitrogens with zero attached hydrogens (tertiary/aromatic N) is 3. The number of fused-ring (bicyclic) bond motifs is 1. The van der Waals surface area contributed by atoms with E-state index in [9.17, 15) is 13.2 Å². The molecule has 1 fully saturated rings. The van der Waals surface area contributed by atoms with E-state index in [1.165, 1.54) is 6.20 Å². The van der Waals surface area contributed by atoms with Crippen LogP contribution in [0.2, 0.25) is 0 Å². The van der Waals surface area contributed by atoms with Crippen LogP contribution < -0.4 is 4.90 Å². The van der Waals surface area contributed by atoms with Crippen molar-refractivity contribution >= 4 is 32.8 Å². The van der Waals surface area contributed by atoms with E-state index < -0.39 is 11.7 Å². The van der Waals surface area contributed by atoms with Gasteiger partial charge in [-0.3, -0.25) is 4.98 Å². The molecule has 2 atom stereocenters. The number of hydrogen-bond donors (Lipinski definition) is 0. The number of alkyl halides is 3. The molecule has 2 heterocycles. The maximum absolute atomic E-state index is 12.9. The zero-order chi connectivity index (χ0) is 16.8. The molecule has 0 saturated carbocycles. The summed E-state index contributed by atoms with van der Waals surface area (Å²) in [6.45, 7) is 5.29. The summed E-state index contributed by atoms with van der Waals surface area (Å²) in [5, 5.41) is 0. The highest BCUT2D eigenvalue weighted by atomic mass is 79.9. The van der Waals surface area contributed by atoms with E-state index >= 15 is 0 Å². The minimum Gasteiger partial charge on any atom is -0.372 e. The van der Waals surface area contributed by atoms with Crippen LogP contribution in [-0.2, 0) is 10.9 Å². The summed E-state index contributed by atoms with van der Waals surface area (Å²) in [5.41, 5.74) is -0.111. The Labute approximate surface area is 139 Å². The van der Waals surface area contributed by atoms with Crippen molar-refractivity contribution in [2.75, 3.05) is 18.0 Å². The largest absolute Gasteiger partial charge is 0.416 e. The molecule has 4 nitrogen and oxygen atoms in total. The van der Waals surface area contributed by atoms with E-state index in [0.29, 0.717) is 24.4 Å². The van der Waals surface area contributed by atoms with E-state index in [4.69, 9.17) is 4.74 Å². The normalized spacial score (nSPS) is 22.6. The standard InChI is InChI=1S/C15H15BrF3N3O/c1-8-6-22(7-9(2)23-8)13-5-20-12-4-10(15(17,18)19)3-11(16)14(12)21-13/h3-5,8-9H,6-7H2,1-2H3/t8-,9+. The van der Waals surface area contributed by atoms with E-state index in [1.54, 1.807) is 0 Å². The number of anilines is 1. The third-order valence-corrected chi connectivity index (χ3v) is 4.26. The van der Waals surface area contributed by atoms with Crippen molar-refractivity contribution in [1.82, 2.24) is 9.97 Å². The number of halogens is 4. The van der Waals surface area contributed by atoms with Gasteiger partial charge in [0.25, 0.3) is 0 Å². The molecule has 124 valence electrons. The molecule has 1 aromatic heterocycles. The number of morpholine rings is 1. The average Bonchev–Trinajstić information content (AvgIpc) is 2.45. The van der Waals surface area contributed by atoms with Crippen LogP contribution in [0, 0.1) is 0 Å².